The second-order valence-corrected chi connectivity index (χ2v) is 5.69. The molecule has 0 spiro atoms. The Labute approximate surface area is 140 Å². The summed E-state index contributed by atoms with van der Waals surface area (Å²) in [6.45, 7) is 1.86. The van der Waals surface area contributed by atoms with Gasteiger partial charge in [0.15, 0.2) is 0 Å². The lowest BCUT2D eigenvalue weighted by Gasteiger charge is -2.11. The maximum absolute atomic E-state index is 10.4. The molecule has 3 aromatic carbocycles. The van der Waals surface area contributed by atoms with Crippen LogP contribution in [-0.2, 0) is 0 Å². The second-order valence-electron chi connectivity index (χ2n) is 5.28. The topological polar surface area (TPSA) is 32.6 Å². The number of aromatic hydroxyl groups is 1. The van der Waals surface area contributed by atoms with Gasteiger partial charge in [0.25, 0.3) is 0 Å². The van der Waals surface area contributed by atoms with E-state index in [1.54, 1.807) is 12.1 Å². The molecule has 0 aliphatic carbocycles. The standard InChI is InChI=1S/C20H16ClNO/c1-14-12-19(23)17(13-18(14)21)20(15-8-4-2-5-9-15)22-16-10-6-3-7-11-16/h2-13,23H,1H3. The van der Waals surface area contributed by atoms with Gasteiger partial charge in [0.1, 0.15) is 5.75 Å². The van der Waals surface area contributed by atoms with Crippen LogP contribution in [0.5, 0.6) is 5.75 Å². The maximum Gasteiger partial charge on any atom is 0.125 e. The normalized spacial score (nSPS) is 11.5. The molecule has 0 atom stereocenters. The number of para-hydroxylation sites is 1. The molecule has 0 aromatic heterocycles. The summed E-state index contributed by atoms with van der Waals surface area (Å²) in [6.07, 6.45) is 0. The quantitative estimate of drug-likeness (QED) is 0.633. The monoisotopic (exact) mass is 321 g/mol. The first-order valence-corrected chi connectivity index (χ1v) is 7.71. The minimum Gasteiger partial charge on any atom is -0.507 e. The number of halogens is 1. The summed E-state index contributed by atoms with van der Waals surface area (Å²) in [6, 6.07) is 22.9. The van der Waals surface area contributed by atoms with Crippen molar-refractivity contribution in [2.45, 2.75) is 6.92 Å². The van der Waals surface area contributed by atoms with Crippen LogP contribution >= 0.6 is 11.6 Å². The average molecular weight is 322 g/mol. The molecule has 0 aliphatic heterocycles. The van der Waals surface area contributed by atoms with E-state index in [-0.39, 0.29) is 5.75 Å². The van der Waals surface area contributed by atoms with Gasteiger partial charge in [-0.05, 0) is 36.8 Å². The molecule has 3 rings (SSSR count). The molecule has 23 heavy (non-hydrogen) atoms. The molecular weight excluding hydrogens is 306 g/mol. The van der Waals surface area contributed by atoms with Crippen molar-refractivity contribution in [3.8, 4) is 5.75 Å². The van der Waals surface area contributed by atoms with Crippen LogP contribution in [0.25, 0.3) is 0 Å². The van der Waals surface area contributed by atoms with Crippen molar-refractivity contribution in [2.24, 2.45) is 4.99 Å². The number of aryl methyl sites for hydroxylation is 1. The van der Waals surface area contributed by atoms with E-state index in [4.69, 9.17) is 16.6 Å². The van der Waals surface area contributed by atoms with Crippen LogP contribution in [0.15, 0.2) is 77.8 Å². The lowest BCUT2D eigenvalue weighted by molar-refractivity contribution is 0.474. The number of hydrogen-bond donors (Lipinski definition) is 1. The maximum atomic E-state index is 10.4. The van der Waals surface area contributed by atoms with Gasteiger partial charge in [0, 0.05) is 16.1 Å². The summed E-state index contributed by atoms with van der Waals surface area (Å²) in [5.74, 6) is 0.172. The molecule has 3 heteroatoms. The van der Waals surface area contributed by atoms with Gasteiger partial charge in [0.2, 0.25) is 0 Å². The van der Waals surface area contributed by atoms with Crippen molar-refractivity contribution in [2.75, 3.05) is 0 Å². The fraction of sp³-hybridized carbons (Fsp3) is 0.0500. The fourth-order valence-corrected chi connectivity index (χ4v) is 2.53. The van der Waals surface area contributed by atoms with Crippen LogP contribution in [0, 0.1) is 6.92 Å². The Balaban J connectivity index is 2.21. The number of hydrogen-bond acceptors (Lipinski definition) is 2. The van der Waals surface area contributed by atoms with E-state index >= 15 is 0 Å². The molecule has 0 bridgehead atoms. The lowest BCUT2D eigenvalue weighted by atomic mass is 10.00. The largest absolute Gasteiger partial charge is 0.507 e. The Kier molecular flexibility index (Phi) is 4.45. The zero-order valence-corrected chi connectivity index (χ0v) is 13.5. The van der Waals surface area contributed by atoms with Gasteiger partial charge in [-0.2, -0.15) is 0 Å². The van der Waals surface area contributed by atoms with Crippen LogP contribution in [0.4, 0.5) is 5.69 Å². The summed E-state index contributed by atoms with van der Waals surface area (Å²) < 4.78 is 0. The minimum absolute atomic E-state index is 0.172. The lowest BCUT2D eigenvalue weighted by Crippen LogP contribution is -2.04. The molecule has 0 radical (unpaired) electrons. The van der Waals surface area contributed by atoms with Crippen molar-refractivity contribution >= 4 is 23.0 Å². The van der Waals surface area contributed by atoms with Crippen molar-refractivity contribution in [3.05, 3.63) is 94.5 Å². The third-order valence-electron chi connectivity index (χ3n) is 3.58. The Morgan fingerprint density at radius 1 is 0.913 bits per heavy atom. The molecule has 2 nitrogen and oxygen atoms in total. The van der Waals surface area contributed by atoms with Gasteiger partial charge in [-0.1, -0.05) is 60.1 Å². The first-order chi connectivity index (χ1) is 11.1. The Hall–Kier alpha value is -2.58. The summed E-state index contributed by atoms with van der Waals surface area (Å²) in [7, 11) is 0. The number of benzene rings is 3. The predicted octanol–water partition coefficient (Wildman–Crippen LogP) is 5.52. The molecule has 0 fully saturated rings. The van der Waals surface area contributed by atoms with Gasteiger partial charge >= 0.3 is 0 Å². The van der Waals surface area contributed by atoms with E-state index in [2.05, 4.69) is 0 Å². The Morgan fingerprint density at radius 3 is 2.17 bits per heavy atom. The van der Waals surface area contributed by atoms with Crippen LogP contribution in [0.3, 0.4) is 0 Å². The van der Waals surface area contributed by atoms with Gasteiger partial charge in [-0.15, -0.1) is 0 Å². The molecule has 3 aromatic rings. The van der Waals surface area contributed by atoms with Gasteiger partial charge in [-0.3, -0.25) is 0 Å². The van der Waals surface area contributed by atoms with E-state index in [0.717, 1.165) is 16.8 Å². The van der Waals surface area contributed by atoms with E-state index in [1.807, 2.05) is 67.6 Å². The highest BCUT2D eigenvalue weighted by Crippen LogP contribution is 2.29. The molecule has 0 aliphatic rings. The predicted molar refractivity (Wildman–Crippen MR) is 96.0 cm³/mol. The summed E-state index contributed by atoms with van der Waals surface area (Å²) >= 11 is 6.25. The number of nitrogens with zero attached hydrogens (tertiary/aromatic N) is 1. The molecule has 0 saturated heterocycles. The Morgan fingerprint density at radius 2 is 1.52 bits per heavy atom. The summed E-state index contributed by atoms with van der Waals surface area (Å²) in [4.78, 5) is 4.73. The van der Waals surface area contributed by atoms with Crippen molar-refractivity contribution in [1.82, 2.24) is 0 Å². The van der Waals surface area contributed by atoms with Crippen LogP contribution in [0.2, 0.25) is 5.02 Å². The summed E-state index contributed by atoms with van der Waals surface area (Å²) in [5.41, 5.74) is 3.89. The average Bonchev–Trinajstić information content (AvgIpc) is 2.58. The highest BCUT2D eigenvalue weighted by Gasteiger charge is 2.14. The summed E-state index contributed by atoms with van der Waals surface area (Å²) in [5, 5.41) is 11.0. The van der Waals surface area contributed by atoms with E-state index in [9.17, 15) is 5.11 Å². The van der Waals surface area contributed by atoms with E-state index in [0.29, 0.717) is 16.3 Å². The number of rotatable bonds is 3. The van der Waals surface area contributed by atoms with Crippen LogP contribution in [-0.4, -0.2) is 10.8 Å². The van der Waals surface area contributed by atoms with Crippen LogP contribution < -0.4 is 0 Å². The smallest absolute Gasteiger partial charge is 0.125 e. The molecule has 114 valence electrons. The Bertz CT molecular complexity index is 842. The minimum atomic E-state index is 0.172. The number of phenols is 1. The second kappa shape index (κ2) is 6.67. The van der Waals surface area contributed by atoms with Gasteiger partial charge in [-0.25, -0.2) is 4.99 Å². The number of aliphatic imine (C=N–C) groups is 1. The first-order valence-electron chi connectivity index (χ1n) is 7.34. The SMILES string of the molecule is Cc1cc(O)c(C(=Nc2ccccc2)c2ccccc2)cc1Cl. The van der Waals surface area contributed by atoms with Crippen molar-refractivity contribution in [1.29, 1.82) is 0 Å². The van der Waals surface area contributed by atoms with E-state index in [1.165, 1.54) is 0 Å². The highest BCUT2D eigenvalue weighted by atomic mass is 35.5. The fourth-order valence-electron chi connectivity index (χ4n) is 2.36. The van der Waals surface area contributed by atoms with E-state index < -0.39 is 0 Å². The van der Waals surface area contributed by atoms with Crippen LogP contribution in [0.1, 0.15) is 16.7 Å². The molecule has 0 unspecified atom stereocenters. The third kappa shape index (κ3) is 3.43. The van der Waals surface area contributed by atoms with Crippen molar-refractivity contribution < 1.29 is 5.11 Å². The van der Waals surface area contributed by atoms with Gasteiger partial charge < -0.3 is 5.11 Å². The van der Waals surface area contributed by atoms with Crippen molar-refractivity contribution in [3.63, 3.8) is 0 Å². The molecule has 0 saturated carbocycles. The van der Waals surface area contributed by atoms with Gasteiger partial charge in [0.05, 0.1) is 11.4 Å². The number of phenolic OH excluding ortho intramolecular Hbond substituents is 1. The molecule has 0 heterocycles. The third-order valence-corrected chi connectivity index (χ3v) is 3.98. The highest BCUT2D eigenvalue weighted by molar-refractivity contribution is 6.32. The first kappa shape index (κ1) is 15.3. The molecular formula is C20H16ClNO. The zero-order chi connectivity index (χ0) is 16.2. The molecule has 0 amide bonds. The molecule has 1 N–H and O–H groups in total. The zero-order valence-electron chi connectivity index (χ0n) is 12.7.